The van der Waals surface area contributed by atoms with Crippen molar-refractivity contribution in [2.24, 2.45) is 0 Å². The number of alkyl halides is 1. The van der Waals surface area contributed by atoms with E-state index in [0.29, 0.717) is 44.0 Å². The molecule has 1 aromatic heterocycles. The van der Waals surface area contributed by atoms with Crippen molar-refractivity contribution in [3.63, 3.8) is 0 Å². The van der Waals surface area contributed by atoms with Gasteiger partial charge in [0.15, 0.2) is 0 Å². The van der Waals surface area contributed by atoms with Gasteiger partial charge >= 0.3 is 0 Å². The van der Waals surface area contributed by atoms with Crippen molar-refractivity contribution in [3.8, 4) is 0 Å². The molecule has 7 nitrogen and oxygen atoms in total. The van der Waals surface area contributed by atoms with Gasteiger partial charge in [-0.25, -0.2) is 8.42 Å². The van der Waals surface area contributed by atoms with Crippen LogP contribution in [0.4, 0.5) is 0 Å². The molecule has 1 N–H and O–H groups in total. The highest BCUT2D eigenvalue weighted by Gasteiger charge is 2.26. The molecule has 0 saturated carbocycles. The smallest absolute Gasteiger partial charge is 0.255 e. The van der Waals surface area contributed by atoms with Crippen LogP contribution in [0.3, 0.4) is 0 Å². The molecule has 4 rings (SSSR count). The van der Waals surface area contributed by atoms with E-state index in [1.165, 1.54) is 28.6 Å². The van der Waals surface area contributed by atoms with Gasteiger partial charge in [0.05, 0.1) is 29.2 Å². The van der Waals surface area contributed by atoms with Crippen LogP contribution in [0.2, 0.25) is 0 Å². The van der Waals surface area contributed by atoms with Gasteiger partial charge in [-0.1, -0.05) is 12.1 Å². The SMILES string of the molecule is O=C(NC1=CCC(Cl)C(c2ccccn2)=C1)c1ccc(S(=O)(=O)N2CCOCC2)cc1. The summed E-state index contributed by atoms with van der Waals surface area (Å²) in [5.41, 5.74) is 2.60. The second kappa shape index (κ2) is 9.32. The van der Waals surface area contributed by atoms with Gasteiger partial charge in [-0.2, -0.15) is 4.31 Å². The Balaban J connectivity index is 1.47. The Bertz CT molecular complexity index is 1110. The highest BCUT2D eigenvalue weighted by atomic mass is 35.5. The number of aromatic nitrogens is 1. The van der Waals surface area contributed by atoms with Crippen LogP contribution in [0, 0.1) is 0 Å². The number of benzene rings is 1. The molecular weight excluding hydrogens is 438 g/mol. The Kier molecular flexibility index (Phi) is 6.52. The Labute approximate surface area is 186 Å². The predicted octanol–water partition coefficient (Wildman–Crippen LogP) is 2.81. The third-order valence-electron chi connectivity index (χ3n) is 5.14. The molecule has 1 aromatic carbocycles. The number of sulfonamides is 1. The maximum Gasteiger partial charge on any atom is 0.255 e. The van der Waals surface area contributed by atoms with Crippen molar-refractivity contribution in [2.75, 3.05) is 26.3 Å². The molecule has 162 valence electrons. The van der Waals surface area contributed by atoms with E-state index in [1.54, 1.807) is 6.20 Å². The fourth-order valence-corrected chi connectivity index (χ4v) is 5.12. The maximum absolute atomic E-state index is 12.7. The van der Waals surface area contributed by atoms with Crippen LogP contribution in [0.1, 0.15) is 22.5 Å². The molecule has 9 heteroatoms. The van der Waals surface area contributed by atoms with Crippen LogP contribution in [0.5, 0.6) is 0 Å². The molecule has 1 aliphatic carbocycles. The average molecular weight is 460 g/mol. The highest BCUT2D eigenvalue weighted by Crippen LogP contribution is 2.29. The Hall–Kier alpha value is -2.52. The molecule has 1 aliphatic heterocycles. The number of allylic oxidation sites excluding steroid dienone is 3. The summed E-state index contributed by atoms with van der Waals surface area (Å²) in [5.74, 6) is -0.328. The fourth-order valence-electron chi connectivity index (χ4n) is 3.45. The summed E-state index contributed by atoms with van der Waals surface area (Å²) in [6.45, 7) is 1.41. The molecule has 1 unspecified atom stereocenters. The second-order valence-electron chi connectivity index (χ2n) is 7.17. The number of nitrogens with one attached hydrogen (secondary N) is 1. The lowest BCUT2D eigenvalue weighted by molar-refractivity contribution is 0.0730. The quantitative estimate of drug-likeness (QED) is 0.694. The van der Waals surface area contributed by atoms with E-state index in [2.05, 4.69) is 10.3 Å². The topological polar surface area (TPSA) is 88.6 Å². The fraction of sp³-hybridized carbons (Fsp3) is 0.273. The number of carbonyl (C=O) groups excluding carboxylic acids is 1. The largest absolute Gasteiger partial charge is 0.379 e. The Morgan fingerprint density at radius 2 is 1.87 bits per heavy atom. The van der Waals surface area contributed by atoms with Crippen molar-refractivity contribution < 1.29 is 17.9 Å². The van der Waals surface area contributed by atoms with Crippen molar-refractivity contribution in [1.82, 2.24) is 14.6 Å². The lowest BCUT2D eigenvalue weighted by atomic mass is 9.99. The first-order chi connectivity index (χ1) is 14.9. The number of carbonyl (C=O) groups is 1. The zero-order chi connectivity index (χ0) is 21.8. The number of halogens is 1. The molecule has 0 bridgehead atoms. The lowest BCUT2D eigenvalue weighted by Crippen LogP contribution is -2.40. The Morgan fingerprint density at radius 1 is 1.13 bits per heavy atom. The third-order valence-corrected chi connectivity index (χ3v) is 7.46. The third kappa shape index (κ3) is 4.88. The number of pyridine rings is 1. The van der Waals surface area contributed by atoms with Gasteiger partial charge in [0.2, 0.25) is 10.0 Å². The van der Waals surface area contributed by atoms with Gasteiger partial charge in [0.1, 0.15) is 0 Å². The molecule has 2 aliphatic rings. The average Bonchev–Trinajstić information content (AvgIpc) is 2.81. The minimum Gasteiger partial charge on any atom is -0.379 e. The summed E-state index contributed by atoms with van der Waals surface area (Å²) >= 11 is 6.43. The van der Waals surface area contributed by atoms with Crippen molar-refractivity contribution in [2.45, 2.75) is 16.7 Å². The molecule has 1 saturated heterocycles. The molecule has 1 fully saturated rings. The van der Waals surface area contributed by atoms with Crippen LogP contribution in [0.25, 0.3) is 5.57 Å². The van der Waals surface area contributed by atoms with E-state index in [4.69, 9.17) is 16.3 Å². The van der Waals surface area contributed by atoms with Gasteiger partial charge < -0.3 is 10.1 Å². The summed E-state index contributed by atoms with van der Waals surface area (Å²) < 4.78 is 32.1. The van der Waals surface area contributed by atoms with Crippen LogP contribution >= 0.6 is 11.6 Å². The van der Waals surface area contributed by atoms with Crippen molar-refractivity contribution in [1.29, 1.82) is 0 Å². The molecular formula is C22H22ClN3O4S. The maximum atomic E-state index is 12.7. The van der Waals surface area contributed by atoms with E-state index >= 15 is 0 Å². The first-order valence-corrected chi connectivity index (χ1v) is 11.8. The number of hydrogen-bond donors (Lipinski definition) is 1. The Morgan fingerprint density at radius 3 is 2.55 bits per heavy atom. The van der Waals surface area contributed by atoms with Crippen LogP contribution < -0.4 is 5.32 Å². The van der Waals surface area contributed by atoms with Gasteiger partial charge in [-0.05, 0) is 54.5 Å². The van der Waals surface area contributed by atoms with E-state index in [9.17, 15) is 13.2 Å². The molecule has 2 aromatic rings. The first kappa shape index (κ1) is 21.7. The van der Waals surface area contributed by atoms with E-state index < -0.39 is 10.0 Å². The summed E-state index contributed by atoms with van der Waals surface area (Å²) in [7, 11) is -3.60. The minimum absolute atomic E-state index is 0.158. The first-order valence-electron chi connectivity index (χ1n) is 9.92. The molecule has 0 radical (unpaired) electrons. The predicted molar refractivity (Wildman–Crippen MR) is 118 cm³/mol. The molecule has 2 heterocycles. The summed E-state index contributed by atoms with van der Waals surface area (Å²) in [4.78, 5) is 17.2. The minimum atomic E-state index is -3.60. The summed E-state index contributed by atoms with van der Waals surface area (Å²) in [6, 6.07) is 11.5. The molecule has 1 atom stereocenters. The molecule has 0 spiro atoms. The number of ether oxygens (including phenoxy) is 1. The van der Waals surface area contributed by atoms with E-state index in [0.717, 1.165) is 11.3 Å². The molecule has 1 amide bonds. The number of hydrogen-bond acceptors (Lipinski definition) is 5. The summed E-state index contributed by atoms with van der Waals surface area (Å²) in [6.07, 6.45) is 5.94. The van der Waals surface area contributed by atoms with Crippen LogP contribution in [0.15, 0.2) is 71.4 Å². The highest BCUT2D eigenvalue weighted by molar-refractivity contribution is 7.89. The monoisotopic (exact) mass is 459 g/mol. The number of morpholine rings is 1. The van der Waals surface area contributed by atoms with Crippen LogP contribution in [-0.4, -0.2) is 55.3 Å². The molecule has 31 heavy (non-hydrogen) atoms. The van der Waals surface area contributed by atoms with Gasteiger partial charge in [-0.3, -0.25) is 9.78 Å². The summed E-state index contributed by atoms with van der Waals surface area (Å²) in [5, 5.41) is 2.64. The zero-order valence-electron chi connectivity index (χ0n) is 16.7. The van der Waals surface area contributed by atoms with Gasteiger partial charge in [-0.15, -0.1) is 11.6 Å². The van der Waals surface area contributed by atoms with E-state index in [-0.39, 0.29) is 16.2 Å². The van der Waals surface area contributed by atoms with E-state index in [1.807, 2.05) is 30.4 Å². The second-order valence-corrected chi connectivity index (χ2v) is 9.64. The van der Waals surface area contributed by atoms with Gasteiger partial charge in [0, 0.05) is 30.5 Å². The van der Waals surface area contributed by atoms with Crippen LogP contribution in [-0.2, 0) is 14.8 Å². The zero-order valence-corrected chi connectivity index (χ0v) is 18.3. The van der Waals surface area contributed by atoms with Gasteiger partial charge in [0.25, 0.3) is 5.91 Å². The number of amides is 1. The van der Waals surface area contributed by atoms with Crippen molar-refractivity contribution >= 4 is 33.1 Å². The number of nitrogens with zero attached hydrogens (tertiary/aromatic N) is 2. The lowest BCUT2D eigenvalue weighted by Gasteiger charge is -2.26. The van der Waals surface area contributed by atoms with Crippen molar-refractivity contribution in [3.05, 3.63) is 77.8 Å². The number of rotatable bonds is 5. The standard InChI is InChI=1S/C22H22ClN3O4S/c23-20-9-6-17(15-19(20)21-3-1-2-10-24-21)25-22(27)16-4-7-18(8-5-16)31(28,29)26-11-13-30-14-12-26/h1-8,10,15,20H,9,11-14H2,(H,25,27). The normalized spacial score (nSPS) is 20.0.